The van der Waals surface area contributed by atoms with E-state index < -0.39 is 0 Å². The lowest BCUT2D eigenvalue weighted by molar-refractivity contribution is 0.505. The second-order valence-corrected chi connectivity index (χ2v) is 2.26. The standard InChI is InChI=1S/C6H10N2O.H2O/c7-5-1-2-8-6(3-5)4-9;/h5,8H,1-3,7H2;1H2. The van der Waals surface area contributed by atoms with E-state index in [1.54, 1.807) is 0 Å². The summed E-state index contributed by atoms with van der Waals surface area (Å²) < 4.78 is 0. The lowest BCUT2D eigenvalue weighted by Crippen LogP contribution is -2.34. The van der Waals surface area contributed by atoms with Crippen LogP contribution in [0.3, 0.4) is 0 Å². The summed E-state index contributed by atoms with van der Waals surface area (Å²) >= 11 is 0. The second kappa shape index (κ2) is 4.06. The van der Waals surface area contributed by atoms with Gasteiger partial charge in [0.25, 0.3) is 0 Å². The van der Waals surface area contributed by atoms with E-state index in [0.29, 0.717) is 12.1 Å². The highest BCUT2D eigenvalue weighted by atomic mass is 16.1. The summed E-state index contributed by atoms with van der Waals surface area (Å²) in [5.74, 6) is 1.81. The van der Waals surface area contributed by atoms with Crippen LogP contribution in [0.2, 0.25) is 0 Å². The average molecular weight is 144 g/mol. The third-order valence-electron chi connectivity index (χ3n) is 1.44. The van der Waals surface area contributed by atoms with Crippen LogP contribution in [0.4, 0.5) is 0 Å². The number of hydrogen-bond acceptors (Lipinski definition) is 3. The van der Waals surface area contributed by atoms with Gasteiger partial charge in [0.2, 0.25) is 0 Å². The predicted molar refractivity (Wildman–Crippen MR) is 38.0 cm³/mol. The Morgan fingerprint density at radius 1 is 1.70 bits per heavy atom. The first-order valence-corrected chi connectivity index (χ1v) is 3.06. The fourth-order valence-corrected chi connectivity index (χ4v) is 0.923. The highest BCUT2D eigenvalue weighted by molar-refractivity contribution is 5.51. The zero-order chi connectivity index (χ0) is 6.69. The van der Waals surface area contributed by atoms with Crippen LogP contribution in [-0.4, -0.2) is 24.0 Å². The van der Waals surface area contributed by atoms with Gasteiger partial charge in [0.05, 0.1) is 5.70 Å². The lowest BCUT2D eigenvalue weighted by Gasteiger charge is -2.19. The topological polar surface area (TPSA) is 86.6 Å². The van der Waals surface area contributed by atoms with Crippen molar-refractivity contribution in [2.24, 2.45) is 5.73 Å². The maximum atomic E-state index is 10.0. The van der Waals surface area contributed by atoms with E-state index in [4.69, 9.17) is 5.73 Å². The molecule has 0 bridgehead atoms. The number of piperidine rings is 1. The third kappa shape index (κ3) is 2.19. The van der Waals surface area contributed by atoms with Crippen molar-refractivity contribution in [3.05, 3.63) is 5.70 Å². The van der Waals surface area contributed by atoms with Crippen LogP contribution in [0, 0.1) is 0 Å². The second-order valence-electron chi connectivity index (χ2n) is 2.26. The zero-order valence-corrected chi connectivity index (χ0v) is 5.68. The van der Waals surface area contributed by atoms with Crippen LogP contribution >= 0.6 is 0 Å². The summed E-state index contributed by atoms with van der Waals surface area (Å²) in [5, 5.41) is 2.91. The maximum Gasteiger partial charge on any atom is 0.145 e. The molecule has 4 heteroatoms. The van der Waals surface area contributed by atoms with Crippen LogP contribution < -0.4 is 11.1 Å². The monoisotopic (exact) mass is 144 g/mol. The Hall–Kier alpha value is -0.830. The molecule has 0 aromatic heterocycles. The Morgan fingerprint density at radius 2 is 2.40 bits per heavy atom. The van der Waals surface area contributed by atoms with Crippen molar-refractivity contribution in [3.63, 3.8) is 0 Å². The summed E-state index contributed by atoms with van der Waals surface area (Å²) in [6, 6.07) is 0.155. The van der Waals surface area contributed by atoms with Gasteiger partial charge in [0.15, 0.2) is 0 Å². The summed E-state index contributed by atoms with van der Waals surface area (Å²) in [5.41, 5.74) is 6.18. The van der Waals surface area contributed by atoms with Gasteiger partial charge in [-0.3, -0.25) is 0 Å². The molecule has 1 fully saturated rings. The first kappa shape index (κ1) is 9.17. The van der Waals surface area contributed by atoms with Gasteiger partial charge >= 0.3 is 0 Å². The van der Waals surface area contributed by atoms with E-state index in [2.05, 4.69) is 5.32 Å². The molecule has 1 atom stereocenters. The summed E-state index contributed by atoms with van der Waals surface area (Å²) in [6.07, 6.45) is 1.61. The highest BCUT2D eigenvalue weighted by Gasteiger charge is 2.11. The fraction of sp³-hybridized carbons (Fsp3) is 0.667. The molecule has 58 valence electrons. The number of rotatable bonds is 0. The normalized spacial score (nSPS) is 24.1. The van der Waals surface area contributed by atoms with E-state index in [1.165, 1.54) is 0 Å². The predicted octanol–water partition coefficient (Wildman–Crippen LogP) is -1.41. The minimum Gasteiger partial charge on any atom is -0.412 e. The molecule has 1 saturated heterocycles. The molecule has 1 aliphatic rings. The van der Waals surface area contributed by atoms with Crippen LogP contribution in [0.25, 0.3) is 0 Å². The molecule has 0 aliphatic carbocycles. The lowest BCUT2D eigenvalue weighted by atomic mass is 10.1. The quantitative estimate of drug-likeness (QED) is 0.409. The first-order valence-electron chi connectivity index (χ1n) is 3.06. The Bertz CT molecular complexity index is 152. The molecule has 0 aromatic rings. The molecular weight excluding hydrogens is 132 g/mol. The first-order chi connectivity index (χ1) is 4.33. The third-order valence-corrected chi connectivity index (χ3v) is 1.44. The van der Waals surface area contributed by atoms with Gasteiger partial charge in [0.1, 0.15) is 5.94 Å². The van der Waals surface area contributed by atoms with Gasteiger partial charge in [-0.2, -0.15) is 0 Å². The van der Waals surface area contributed by atoms with Crippen molar-refractivity contribution in [1.82, 2.24) is 5.32 Å². The SMILES string of the molecule is NC1CCNC(=C=O)C1.O. The van der Waals surface area contributed by atoms with Gasteiger partial charge in [-0.15, -0.1) is 0 Å². The van der Waals surface area contributed by atoms with Crippen molar-refractivity contribution in [1.29, 1.82) is 0 Å². The highest BCUT2D eigenvalue weighted by Crippen LogP contribution is 2.05. The fourth-order valence-electron chi connectivity index (χ4n) is 0.923. The summed E-state index contributed by atoms with van der Waals surface area (Å²) in [7, 11) is 0. The van der Waals surface area contributed by atoms with E-state index in [1.807, 2.05) is 5.94 Å². The smallest absolute Gasteiger partial charge is 0.145 e. The average Bonchev–Trinajstić information content (AvgIpc) is 1.88. The molecule has 0 radical (unpaired) electrons. The maximum absolute atomic E-state index is 10.0. The molecule has 0 spiro atoms. The summed E-state index contributed by atoms with van der Waals surface area (Å²) in [6.45, 7) is 0.811. The van der Waals surface area contributed by atoms with Gasteiger partial charge in [-0.25, -0.2) is 4.79 Å². The number of nitrogens with two attached hydrogens (primary N) is 1. The van der Waals surface area contributed by atoms with E-state index in [0.717, 1.165) is 13.0 Å². The van der Waals surface area contributed by atoms with Crippen molar-refractivity contribution >= 4 is 5.94 Å². The molecule has 5 N–H and O–H groups in total. The van der Waals surface area contributed by atoms with Crippen molar-refractivity contribution in [3.8, 4) is 0 Å². The minimum atomic E-state index is 0. The minimum absolute atomic E-state index is 0. The van der Waals surface area contributed by atoms with Crippen molar-refractivity contribution < 1.29 is 10.3 Å². The van der Waals surface area contributed by atoms with Crippen molar-refractivity contribution in [2.75, 3.05) is 6.54 Å². The number of hydrogen-bond donors (Lipinski definition) is 2. The Morgan fingerprint density at radius 3 is 2.80 bits per heavy atom. The zero-order valence-electron chi connectivity index (χ0n) is 5.68. The van der Waals surface area contributed by atoms with Gasteiger partial charge in [0, 0.05) is 19.0 Å². The largest absolute Gasteiger partial charge is 0.412 e. The molecule has 1 rings (SSSR count). The molecule has 10 heavy (non-hydrogen) atoms. The van der Waals surface area contributed by atoms with Gasteiger partial charge in [-0.1, -0.05) is 0 Å². The van der Waals surface area contributed by atoms with Gasteiger partial charge < -0.3 is 16.5 Å². The molecule has 1 aliphatic heterocycles. The molecule has 0 amide bonds. The van der Waals surface area contributed by atoms with Crippen LogP contribution in [-0.2, 0) is 4.79 Å². The van der Waals surface area contributed by atoms with Gasteiger partial charge in [-0.05, 0) is 6.42 Å². The Kier molecular flexibility index (Phi) is 3.72. The molecule has 0 saturated carbocycles. The Labute approximate surface area is 59.4 Å². The number of nitrogens with one attached hydrogen (secondary N) is 1. The van der Waals surface area contributed by atoms with E-state index in [9.17, 15) is 4.79 Å². The van der Waals surface area contributed by atoms with E-state index >= 15 is 0 Å². The molecule has 0 aromatic carbocycles. The number of carbonyl (C=O) groups excluding carboxylic acids is 1. The van der Waals surface area contributed by atoms with Crippen LogP contribution in [0.15, 0.2) is 5.70 Å². The van der Waals surface area contributed by atoms with E-state index in [-0.39, 0.29) is 11.5 Å². The Balaban J connectivity index is 0.000000810. The van der Waals surface area contributed by atoms with Crippen LogP contribution in [0.1, 0.15) is 12.8 Å². The summed E-state index contributed by atoms with van der Waals surface area (Å²) in [4.78, 5) is 10.0. The molecular formula is C6H12N2O2. The molecule has 1 unspecified atom stereocenters. The van der Waals surface area contributed by atoms with Crippen molar-refractivity contribution in [2.45, 2.75) is 18.9 Å². The molecule has 4 nitrogen and oxygen atoms in total. The van der Waals surface area contributed by atoms with Crippen LogP contribution in [0.5, 0.6) is 0 Å². The molecule has 1 heterocycles.